The first-order valence-corrected chi connectivity index (χ1v) is 5.80. The Balaban J connectivity index is 2.33. The van der Waals surface area contributed by atoms with E-state index >= 15 is 0 Å². The average molecular weight is 210 g/mol. The highest BCUT2D eigenvalue weighted by atomic mass is 32.1. The maximum atomic E-state index is 9.97. The second-order valence-corrected chi connectivity index (χ2v) is 4.81. The Morgan fingerprint density at radius 3 is 2.62 bits per heavy atom. The first kappa shape index (κ1) is 8.94. The van der Waals surface area contributed by atoms with E-state index in [0.717, 1.165) is 9.75 Å². The van der Waals surface area contributed by atoms with Crippen LogP contribution in [0.1, 0.15) is 21.4 Å². The summed E-state index contributed by atoms with van der Waals surface area (Å²) >= 11 is 3.21. The number of hydrogen-bond donors (Lipinski definition) is 1. The van der Waals surface area contributed by atoms with E-state index in [2.05, 4.69) is 0 Å². The first-order valence-electron chi connectivity index (χ1n) is 4.04. The van der Waals surface area contributed by atoms with Crippen LogP contribution in [-0.4, -0.2) is 5.11 Å². The van der Waals surface area contributed by atoms with Crippen LogP contribution in [0, 0.1) is 6.92 Å². The van der Waals surface area contributed by atoms with Crippen molar-refractivity contribution < 1.29 is 5.11 Å². The summed E-state index contributed by atoms with van der Waals surface area (Å²) in [4.78, 5) is 2.08. The number of hydrogen-bond acceptors (Lipinski definition) is 3. The lowest BCUT2D eigenvalue weighted by atomic mass is 10.2. The highest BCUT2D eigenvalue weighted by Gasteiger charge is 2.14. The number of aryl methyl sites for hydroxylation is 1. The van der Waals surface area contributed by atoms with Gasteiger partial charge < -0.3 is 5.11 Å². The first-order chi connectivity index (χ1) is 6.29. The van der Waals surface area contributed by atoms with Gasteiger partial charge in [0.15, 0.2) is 0 Å². The molecule has 1 atom stereocenters. The molecular weight excluding hydrogens is 200 g/mol. The van der Waals surface area contributed by atoms with Crippen LogP contribution in [0.4, 0.5) is 0 Å². The van der Waals surface area contributed by atoms with Gasteiger partial charge in [-0.25, -0.2) is 0 Å². The van der Waals surface area contributed by atoms with E-state index in [1.165, 1.54) is 5.56 Å². The Labute approximate surface area is 85.3 Å². The monoisotopic (exact) mass is 210 g/mol. The summed E-state index contributed by atoms with van der Waals surface area (Å²) in [6, 6.07) is 5.97. The third-order valence-corrected chi connectivity index (χ3v) is 3.96. The van der Waals surface area contributed by atoms with Crippen LogP contribution in [0.3, 0.4) is 0 Å². The quantitative estimate of drug-likeness (QED) is 0.807. The Bertz CT molecular complexity index is 375. The molecule has 2 aromatic heterocycles. The van der Waals surface area contributed by atoms with E-state index in [4.69, 9.17) is 0 Å². The van der Waals surface area contributed by atoms with Gasteiger partial charge in [0.25, 0.3) is 0 Å². The largest absolute Gasteiger partial charge is 0.382 e. The molecule has 1 nitrogen and oxygen atoms in total. The van der Waals surface area contributed by atoms with Crippen molar-refractivity contribution in [3.05, 3.63) is 44.3 Å². The van der Waals surface area contributed by atoms with E-state index in [0.29, 0.717) is 0 Å². The van der Waals surface area contributed by atoms with Crippen molar-refractivity contribution in [1.29, 1.82) is 0 Å². The molecule has 0 bridgehead atoms. The molecule has 0 aliphatic rings. The molecule has 3 heteroatoms. The minimum absolute atomic E-state index is 0.431. The van der Waals surface area contributed by atoms with Gasteiger partial charge in [0.2, 0.25) is 0 Å². The minimum Gasteiger partial charge on any atom is -0.382 e. The summed E-state index contributed by atoms with van der Waals surface area (Å²) in [5, 5.41) is 14.0. The molecule has 0 unspecified atom stereocenters. The molecular formula is C10H10OS2. The molecule has 0 amide bonds. The van der Waals surface area contributed by atoms with Crippen molar-refractivity contribution in [3.8, 4) is 0 Å². The Hall–Kier alpha value is -0.640. The van der Waals surface area contributed by atoms with Crippen molar-refractivity contribution >= 4 is 22.7 Å². The van der Waals surface area contributed by atoms with Crippen LogP contribution in [-0.2, 0) is 0 Å². The molecule has 13 heavy (non-hydrogen) atoms. The summed E-state index contributed by atoms with van der Waals surface area (Å²) in [7, 11) is 0. The van der Waals surface area contributed by atoms with Crippen molar-refractivity contribution in [2.75, 3.05) is 0 Å². The summed E-state index contributed by atoms with van der Waals surface area (Å²) < 4.78 is 0. The molecule has 0 spiro atoms. The third-order valence-electron chi connectivity index (χ3n) is 1.96. The van der Waals surface area contributed by atoms with Crippen LogP contribution in [0.5, 0.6) is 0 Å². The highest BCUT2D eigenvalue weighted by Crippen LogP contribution is 2.31. The topological polar surface area (TPSA) is 20.2 Å². The lowest BCUT2D eigenvalue weighted by molar-refractivity contribution is 0.227. The fraction of sp³-hybridized carbons (Fsp3) is 0.200. The van der Waals surface area contributed by atoms with Gasteiger partial charge in [-0.3, -0.25) is 0 Å². The molecule has 2 rings (SSSR count). The van der Waals surface area contributed by atoms with Crippen LogP contribution in [0.25, 0.3) is 0 Å². The third kappa shape index (κ3) is 1.68. The predicted octanol–water partition coefficient (Wildman–Crippen LogP) is 3.20. The second kappa shape index (κ2) is 3.62. The van der Waals surface area contributed by atoms with Gasteiger partial charge in [0.1, 0.15) is 6.10 Å². The van der Waals surface area contributed by atoms with Gasteiger partial charge in [-0.05, 0) is 35.4 Å². The molecule has 0 fully saturated rings. The molecule has 0 saturated carbocycles. The Morgan fingerprint density at radius 2 is 2.08 bits per heavy atom. The average Bonchev–Trinajstić information content (AvgIpc) is 2.72. The van der Waals surface area contributed by atoms with E-state index in [1.807, 2.05) is 35.9 Å². The highest BCUT2D eigenvalue weighted by molar-refractivity contribution is 7.11. The fourth-order valence-corrected chi connectivity index (χ4v) is 2.96. The van der Waals surface area contributed by atoms with Gasteiger partial charge in [0, 0.05) is 9.75 Å². The van der Waals surface area contributed by atoms with Gasteiger partial charge in [-0.1, -0.05) is 6.07 Å². The molecule has 1 N–H and O–H groups in total. The van der Waals surface area contributed by atoms with Crippen molar-refractivity contribution in [1.82, 2.24) is 0 Å². The van der Waals surface area contributed by atoms with Crippen molar-refractivity contribution in [3.63, 3.8) is 0 Å². The maximum absolute atomic E-state index is 9.97. The summed E-state index contributed by atoms with van der Waals surface area (Å²) in [5.74, 6) is 0. The van der Waals surface area contributed by atoms with Crippen LogP contribution in [0.15, 0.2) is 29.0 Å². The fourth-order valence-electron chi connectivity index (χ4n) is 1.24. The Kier molecular flexibility index (Phi) is 2.49. The second-order valence-electron chi connectivity index (χ2n) is 2.89. The summed E-state index contributed by atoms with van der Waals surface area (Å²) in [6.07, 6.45) is -0.431. The molecule has 0 aliphatic carbocycles. The minimum atomic E-state index is -0.431. The van der Waals surface area contributed by atoms with Gasteiger partial charge in [-0.15, -0.1) is 22.7 Å². The zero-order valence-corrected chi connectivity index (χ0v) is 8.86. The molecule has 0 radical (unpaired) electrons. The lowest BCUT2D eigenvalue weighted by Gasteiger charge is -2.06. The number of aliphatic hydroxyl groups excluding tert-OH is 1. The van der Waals surface area contributed by atoms with E-state index in [-0.39, 0.29) is 0 Å². The SMILES string of the molecule is Cc1ccsc1[C@H](O)c1cccs1. The van der Waals surface area contributed by atoms with E-state index < -0.39 is 6.10 Å². The normalized spacial score (nSPS) is 13.1. The van der Waals surface area contributed by atoms with Gasteiger partial charge in [-0.2, -0.15) is 0 Å². The predicted molar refractivity (Wildman–Crippen MR) is 57.4 cm³/mol. The molecule has 68 valence electrons. The van der Waals surface area contributed by atoms with Crippen LogP contribution < -0.4 is 0 Å². The number of aliphatic hydroxyl groups is 1. The molecule has 0 aliphatic heterocycles. The molecule has 0 aromatic carbocycles. The van der Waals surface area contributed by atoms with Gasteiger partial charge in [0.05, 0.1) is 0 Å². The summed E-state index contributed by atoms with van der Waals surface area (Å²) in [5.41, 5.74) is 1.17. The van der Waals surface area contributed by atoms with Gasteiger partial charge >= 0.3 is 0 Å². The van der Waals surface area contributed by atoms with Crippen molar-refractivity contribution in [2.45, 2.75) is 13.0 Å². The van der Waals surface area contributed by atoms with Crippen LogP contribution >= 0.6 is 22.7 Å². The maximum Gasteiger partial charge on any atom is 0.123 e. The molecule has 2 aromatic rings. The van der Waals surface area contributed by atoms with Crippen molar-refractivity contribution in [2.24, 2.45) is 0 Å². The smallest absolute Gasteiger partial charge is 0.123 e. The van der Waals surface area contributed by atoms with E-state index in [1.54, 1.807) is 22.7 Å². The summed E-state index contributed by atoms with van der Waals surface area (Å²) in [6.45, 7) is 2.03. The standard InChI is InChI=1S/C10H10OS2/c1-7-4-6-13-10(7)9(11)8-3-2-5-12-8/h2-6,9,11H,1H3/t9-/m1/s1. The molecule has 2 heterocycles. The zero-order chi connectivity index (χ0) is 9.26. The number of thiophene rings is 2. The van der Waals surface area contributed by atoms with Crippen LogP contribution in [0.2, 0.25) is 0 Å². The molecule has 0 saturated heterocycles. The zero-order valence-electron chi connectivity index (χ0n) is 7.23. The lowest BCUT2D eigenvalue weighted by Crippen LogP contribution is -1.95. The Morgan fingerprint density at radius 1 is 1.23 bits per heavy atom. The van der Waals surface area contributed by atoms with E-state index in [9.17, 15) is 5.11 Å². The number of rotatable bonds is 2.